The zero-order valence-electron chi connectivity index (χ0n) is 10.9. The second-order valence-corrected chi connectivity index (χ2v) is 5.95. The molecule has 104 valence electrons. The number of nitrogens with one attached hydrogen (secondary N) is 1. The highest BCUT2D eigenvalue weighted by Gasteiger charge is 2.27. The number of aliphatic hydroxyl groups is 1. The number of carbonyl (C=O) groups excluding carboxylic acids is 2. The number of thiophene rings is 1. The van der Waals surface area contributed by atoms with Crippen molar-refractivity contribution in [3.05, 3.63) is 21.9 Å². The van der Waals surface area contributed by atoms with Gasteiger partial charge in [-0.05, 0) is 31.9 Å². The summed E-state index contributed by atoms with van der Waals surface area (Å²) in [6.45, 7) is 2.58. The average molecular weight is 282 g/mol. The number of rotatable bonds is 4. The minimum atomic E-state index is -0.216. The molecule has 2 rings (SSSR count). The first-order chi connectivity index (χ1) is 9.11. The van der Waals surface area contributed by atoms with E-state index in [9.17, 15) is 9.59 Å². The van der Waals surface area contributed by atoms with Crippen molar-refractivity contribution >= 4 is 23.2 Å². The molecular weight excluding hydrogens is 264 g/mol. The second-order valence-electron chi connectivity index (χ2n) is 4.66. The van der Waals surface area contributed by atoms with Crippen LogP contribution in [0.25, 0.3) is 0 Å². The Bertz CT molecular complexity index is 472. The van der Waals surface area contributed by atoms with Crippen molar-refractivity contribution < 1.29 is 14.7 Å². The fourth-order valence-electron chi connectivity index (χ4n) is 2.25. The maximum Gasteiger partial charge on any atom is 0.261 e. The fourth-order valence-corrected chi connectivity index (χ4v) is 3.04. The van der Waals surface area contributed by atoms with Crippen LogP contribution in [0, 0.1) is 6.92 Å². The normalized spacial score (nSPS) is 18.6. The molecule has 0 spiro atoms. The molecule has 1 saturated heterocycles. The van der Waals surface area contributed by atoms with E-state index < -0.39 is 0 Å². The van der Waals surface area contributed by atoms with Gasteiger partial charge in [0.05, 0.1) is 24.1 Å². The van der Waals surface area contributed by atoms with E-state index in [-0.39, 0.29) is 31.0 Å². The summed E-state index contributed by atoms with van der Waals surface area (Å²) < 4.78 is 0. The summed E-state index contributed by atoms with van der Waals surface area (Å²) in [6.07, 6.45) is 1.75. The maximum absolute atomic E-state index is 12.0. The lowest BCUT2D eigenvalue weighted by Crippen LogP contribution is -2.43. The van der Waals surface area contributed by atoms with Gasteiger partial charge in [-0.15, -0.1) is 11.3 Å². The largest absolute Gasteiger partial charge is 0.394 e. The molecule has 2 N–H and O–H groups in total. The number of amides is 2. The molecule has 2 heterocycles. The van der Waals surface area contributed by atoms with Crippen LogP contribution in [0.3, 0.4) is 0 Å². The molecule has 2 amide bonds. The van der Waals surface area contributed by atoms with Crippen molar-refractivity contribution in [1.29, 1.82) is 0 Å². The van der Waals surface area contributed by atoms with Gasteiger partial charge in [-0.25, -0.2) is 0 Å². The third kappa shape index (κ3) is 3.33. The van der Waals surface area contributed by atoms with Crippen LogP contribution in [0.4, 0.5) is 0 Å². The van der Waals surface area contributed by atoms with Gasteiger partial charge in [0.15, 0.2) is 0 Å². The lowest BCUT2D eigenvalue weighted by atomic mass is 10.2. The van der Waals surface area contributed by atoms with Crippen LogP contribution < -0.4 is 5.32 Å². The molecule has 1 aliphatic rings. The number of hydrogen-bond donors (Lipinski definition) is 2. The smallest absolute Gasteiger partial charge is 0.261 e. The Morgan fingerprint density at radius 1 is 1.53 bits per heavy atom. The SMILES string of the molecule is Cc1ccc(C(=O)NCC(=O)N2CCC[C@@H]2CO)s1. The highest BCUT2D eigenvalue weighted by atomic mass is 32.1. The maximum atomic E-state index is 12.0. The van der Waals surface area contributed by atoms with Gasteiger partial charge in [0.1, 0.15) is 0 Å². The van der Waals surface area contributed by atoms with Crippen molar-refractivity contribution in [3.8, 4) is 0 Å². The molecule has 0 saturated carbocycles. The first-order valence-corrected chi connectivity index (χ1v) is 7.18. The summed E-state index contributed by atoms with van der Waals surface area (Å²) in [5, 5.41) is 11.8. The quantitative estimate of drug-likeness (QED) is 0.857. The van der Waals surface area contributed by atoms with E-state index in [0.29, 0.717) is 11.4 Å². The Labute approximate surface area is 116 Å². The second kappa shape index (κ2) is 6.16. The molecular formula is C13H18N2O3S. The molecule has 0 radical (unpaired) electrons. The standard InChI is InChI=1S/C13H18N2O3S/c1-9-4-5-11(19-9)13(18)14-7-12(17)15-6-2-3-10(15)8-16/h4-5,10,16H,2-3,6-8H2,1H3,(H,14,18)/t10-/m1/s1. The Kier molecular flexibility index (Phi) is 4.55. The first-order valence-electron chi connectivity index (χ1n) is 6.37. The third-order valence-electron chi connectivity index (χ3n) is 3.27. The summed E-state index contributed by atoms with van der Waals surface area (Å²) in [5.41, 5.74) is 0. The van der Waals surface area contributed by atoms with Gasteiger partial charge in [0.2, 0.25) is 5.91 Å². The van der Waals surface area contributed by atoms with E-state index in [0.717, 1.165) is 17.7 Å². The van der Waals surface area contributed by atoms with E-state index in [2.05, 4.69) is 5.32 Å². The Hall–Kier alpha value is -1.40. The predicted molar refractivity (Wildman–Crippen MR) is 73.2 cm³/mol. The molecule has 1 atom stereocenters. The Morgan fingerprint density at radius 2 is 2.32 bits per heavy atom. The zero-order chi connectivity index (χ0) is 13.8. The third-order valence-corrected chi connectivity index (χ3v) is 4.27. The fraction of sp³-hybridized carbons (Fsp3) is 0.538. The molecule has 0 bridgehead atoms. The van der Waals surface area contributed by atoms with Crippen LogP contribution in [0.15, 0.2) is 12.1 Å². The monoisotopic (exact) mass is 282 g/mol. The zero-order valence-corrected chi connectivity index (χ0v) is 11.7. The van der Waals surface area contributed by atoms with E-state index >= 15 is 0 Å². The molecule has 0 aromatic carbocycles. The average Bonchev–Trinajstić information content (AvgIpc) is 3.03. The van der Waals surface area contributed by atoms with Gasteiger partial charge < -0.3 is 15.3 Å². The van der Waals surface area contributed by atoms with Crippen molar-refractivity contribution in [2.45, 2.75) is 25.8 Å². The summed E-state index contributed by atoms with van der Waals surface area (Å²) in [7, 11) is 0. The predicted octanol–water partition coefficient (Wildman–Crippen LogP) is 0.770. The minimum Gasteiger partial charge on any atom is -0.394 e. The van der Waals surface area contributed by atoms with Gasteiger partial charge in [-0.3, -0.25) is 9.59 Å². The van der Waals surface area contributed by atoms with Gasteiger partial charge in [-0.1, -0.05) is 0 Å². The van der Waals surface area contributed by atoms with Crippen LogP contribution in [0.1, 0.15) is 27.4 Å². The molecule has 1 aromatic heterocycles. The summed E-state index contributed by atoms with van der Waals surface area (Å²) in [4.78, 5) is 27.1. The molecule has 1 aliphatic heterocycles. The van der Waals surface area contributed by atoms with E-state index in [1.165, 1.54) is 11.3 Å². The number of aryl methyl sites for hydroxylation is 1. The van der Waals surface area contributed by atoms with E-state index in [1.807, 2.05) is 13.0 Å². The number of aliphatic hydroxyl groups excluding tert-OH is 1. The van der Waals surface area contributed by atoms with Crippen LogP contribution in [0.2, 0.25) is 0 Å². The van der Waals surface area contributed by atoms with Crippen molar-refractivity contribution in [2.24, 2.45) is 0 Å². The summed E-state index contributed by atoms with van der Waals surface area (Å²) in [5.74, 6) is -0.343. The molecule has 1 fully saturated rings. The van der Waals surface area contributed by atoms with Crippen LogP contribution >= 0.6 is 11.3 Å². The molecule has 1 aromatic rings. The van der Waals surface area contributed by atoms with Crippen LogP contribution in [-0.2, 0) is 4.79 Å². The summed E-state index contributed by atoms with van der Waals surface area (Å²) >= 11 is 1.41. The molecule has 0 aliphatic carbocycles. The number of likely N-dealkylation sites (tertiary alicyclic amines) is 1. The Balaban J connectivity index is 1.85. The number of carbonyl (C=O) groups is 2. The highest BCUT2D eigenvalue weighted by molar-refractivity contribution is 7.13. The lowest BCUT2D eigenvalue weighted by molar-refractivity contribution is -0.131. The minimum absolute atomic E-state index is 0.00766. The van der Waals surface area contributed by atoms with Crippen LogP contribution in [-0.4, -0.2) is 47.6 Å². The van der Waals surface area contributed by atoms with Crippen molar-refractivity contribution in [1.82, 2.24) is 10.2 Å². The first kappa shape index (κ1) is 14.0. The molecule has 5 nitrogen and oxygen atoms in total. The number of nitrogens with zero attached hydrogens (tertiary/aromatic N) is 1. The highest BCUT2D eigenvalue weighted by Crippen LogP contribution is 2.17. The topological polar surface area (TPSA) is 69.6 Å². The van der Waals surface area contributed by atoms with Gasteiger partial charge in [0.25, 0.3) is 5.91 Å². The summed E-state index contributed by atoms with van der Waals surface area (Å²) in [6, 6.07) is 3.55. The van der Waals surface area contributed by atoms with Crippen molar-refractivity contribution in [2.75, 3.05) is 19.7 Å². The van der Waals surface area contributed by atoms with Gasteiger partial charge >= 0.3 is 0 Å². The van der Waals surface area contributed by atoms with Crippen LogP contribution in [0.5, 0.6) is 0 Å². The van der Waals surface area contributed by atoms with Gasteiger partial charge in [-0.2, -0.15) is 0 Å². The van der Waals surface area contributed by atoms with Gasteiger partial charge in [0, 0.05) is 11.4 Å². The molecule has 0 unspecified atom stereocenters. The number of hydrogen-bond acceptors (Lipinski definition) is 4. The van der Waals surface area contributed by atoms with Crippen molar-refractivity contribution in [3.63, 3.8) is 0 Å². The Morgan fingerprint density at radius 3 is 2.95 bits per heavy atom. The van der Waals surface area contributed by atoms with E-state index in [4.69, 9.17) is 5.11 Å². The molecule has 19 heavy (non-hydrogen) atoms. The molecule has 6 heteroatoms. The van der Waals surface area contributed by atoms with E-state index in [1.54, 1.807) is 11.0 Å². The lowest BCUT2D eigenvalue weighted by Gasteiger charge is -2.23.